The van der Waals surface area contributed by atoms with Crippen LogP contribution in [0.4, 0.5) is 5.69 Å². The zero-order valence-electron chi connectivity index (χ0n) is 15.7. The lowest BCUT2D eigenvalue weighted by Gasteiger charge is -2.11. The number of carbonyl (C=O) groups is 1. The Labute approximate surface area is 161 Å². The fraction of sp³-hybridized carbons (Fsp3) is 0.250. The van der Waals surface area contributed by atoms with Gasteiger partial charge in [0.05, 0.1) is 5.25 Å². The van der Waals surface area contributed by atoms with Crippen LogP contribution in [0.15, 0.2) is 56.8 Å². The number of nitrogens with zero attached hydrogens (tertiary/aromatic N) is 1. The van der Waals surface area contributed by atoms with Gasteiger partial charge in [-0.25, -0.2) is 4.79 Å². The fourth-order valence-electron chi connectivity index (χ4n) is 2.74. The molecule has 2 N–H and O–H groups in total. The fourth-order valence-corrected chi connectivity index (χ4v) is 3.63. The number of thioether (sulfide) groups is 1. The highest BCUT2D eigenvalue weighted by Gasteiger charge is 2.29. The Kier molecular flexibility index (Phi) is 5.51. The number of hydrogen-bond acceptors (Lipinski definition) is 4. The molecule has 2 aromatic carbocycles. The van der Waals surface area contributed by atoms with Gasteiger partial charge in [0.25, 0.3) is 0 Å². The Morgan fingerprint density at radius 3 is 2.33 bits per heavy atom. The van der Waals surface area contributed by atoms with Crippen LogP contribution in [0.5, 0.6) is 0 Å². The van der Waals surface area contributed by atoms with E-state index in [1.165, 1.54) is 0 Å². The molecule has 0 aliphatic heterocycles. The minimum atomic E-state index is -0.508. The summed E-state index contributed by atoms with van der Waals surface area (Å²) in [4.78, 5) is 24.7. The van der Waals surface area contributed by atoms with Crippen molar-refractivity contribution in [1.82, 2.24) is 5.27 Å². The highest BCUT2D eigenvalue weighted by Crippen LogP contribution is 2.21. The van der Waals surface area contributed by atoms with Crippen molar-refractivity contribution in [2.45, 2.75) is 38.0 Å². The summed E-state index contributed by atoms with van der Waals surface area (Å²) in [6, 6.07) is 13.5. The molecule has 1 amide bonds. The maximum Gasteiger partial charge on any atom is 0.442 e. The van der Waals surface area contributed by atoms with E-state index < -0.39 is 10.9 Å². The standard InChI is InChI=1S/C20H21N3O3S/c1-12-5-7-17(8-6-12)23-19(20(25)26-22-23)27-15(4)18(24)21-16-10-13(2)9-14(3)11-16/h5-11,15H,1-4H3,(H-,21,22,24,25)/p+1. The second kappa shape index (κ2) is 7.84. The molecule has 1 aromatic heterocycles. The quantitative estimate of drug-likeness (QED) is 0.523. The summed E-state index contributed by atoms with van der Waals surface area (Å²) < 4.78 is 6.49. The summed E-state index contributed by atoms with van der Waals surface area (Å²) in [7, 11) is 0. The zero-order chi connectivity index (χ0) is 19.6. The number of nitrogens with one attached hydrogen (secondary N) is 2. The predicted octanol–water partition coefficient (Wildman–Crippen LogP) is 3.29. The topological polar surface area (TPSA) is 79.0 Å². The van der Waals surface area contributed by atoms with Crippen molar-refractivity contribution in [3.05, 3.63) is 69.6 Å². The van der Waals surface area contributed by atoms with Crippen LogP contribution in [0.2, 0.25) is 0 Å². The summed E-state index contributed by atoms with van der Waals surface area (Å²) >= 11 is 1.15. The largest absolute Gasteiger partial charge is 0.442 e. The number of carbonyl (C=O) groups excluding carboxylic acids is 1. The van der Waals surface area contributed by atoms with Crippen LogP contribution in [-0.2, 0) is 4.79 Å². The number of aryl methyl sites for hydroxylation is 3. The minimum absolute atomic E-state index is 0.180. The van der Waals surface area contributed by atoms with Gasteiger partial charge < -0.3 is 5.32 Å². The lowest BCUT2D eigenvalue weighted by Crippen LogP contribution is -2.37. The van der Waals surface area contributed by atoms with E-state index in [0.29, 0.717) is 5.03 Å². The van der Waals surface area contributed by atoms with Gasteiger partial charge >= 0.3 is 10.7 Å². The average Bonchev–Trinajstić information content (AvgIpc) is 2.95. The van der Waals surface area contributed by atoms with E-state index in [4.69, 9.17) is 4.52 Å². The van der Waals surface area contributed by atoms with Crippen LogP contribution in [0.1, 0.15) is 23.6 Å². The van der Waals surface area contributed by atoms with Gasteiger partial charge in [-0.15, -0.1) is 0 Å². The minimum Gasteiger partial charge on any atom is -0.325 e. The molecule has 27 heavy (non-hydrogen) atoms. The Morgan fingerprint density at radius 1 is 1.07 bits per heavy atom. The van der Waals surface area contributed by atoms with Gasteiger partial charge in [-0.1, -0.05) is 23.8 Å². The molecule has 0 spiro atoms. The van der Waals surface area contributed by atoms with Crippen molar-refractivity contribution in [3.8, 4) is 5.69 Å². The third kappa shape index (κ3) is 4.49. The van der Waals surface area contributed by atoms with Crippen molar-refractivity contribution in [2.75, 3.05) is 5.32 Å². The Morgan fingerprint density at radius 2 is 1.70 bits per heavy atom. The molecule has 0 radical (unpaired) electrons. The van der Waals surface area contributed by atoms with Crippen LogP contribution >= 0.6 is 11.8 Å². The molecule has 0 aliphatic carbocycles. The van der Waals surface area contributed by atoms with Crippen LogP contribution in [0.3, 0.4) is 0 Å². The first kappa shape index (κ1) is 19.0. The number of rotatable bonds is 5. The number of aromatic amines is 1. The van der Waals surface area contributed by atoms with Gasteiger partial charge in [-0.2, -0.15) is 0 Å². The smallest absolute Gasteiger partial charge is 0.325 e. The van der Waals surface area contributed by atoms with E-state index in [-0.39, 0.29) is 5.91 Å². The molecular formula is C20H22N3O3S+. The third-order valence-corrected chi connectivity index (χ3v) is 5.19. The van der Waals surface area contributed by atoms with E-state index in [1.807, 2.05) is 63.2 Å². The van der Waals surface area contributed by atoms with Crippen molar-refractivity contribution >= 4 is 23.4 Å². The number of amides is 1. The lowest BCUT2D eigenvalue weighted by molar-refractivity contribution is -0.704. The number of hydrogen-bond donors (Lipinski definition) is 2. The maximum atomic E-state index is 12.6. The SMILES string of the molecule is Cc1ccc(-[n+]2[nH]oc(=O)c2SC(C)C(=O)Nc2cc(C)cc(C)c2)cc1. The van der Waals surface area contributed by atoms with E-state index in [9.17, 15) is 9.59 Å². The number of H-pyrrole nitrogens is 1. The predicted molar refractivity (Wildman–Crippen MR) is 105 cm³/mol. The number of anilines is 1. The maximum absolute atomic E-state index is 12.6. The Bertz CT molecular complexity index is 1000. The summed E-state index contributed by atoms with van der Waals surface area (Å²) in [6.45, 7) is 7.71. The Balaban J connectivity index is 1.78. The van der Waals surface area contributed by atoms with Crippen LogP contribution in [0.25, 0.3) is 5.69 Å². The van der Waals surface area contributed by atoms with Crippen molar-refractivity contribution in [3.63, 3.8) is 0 Å². The molecule has 0 bridgehead atoms. The molecule has 7 heteroatoms. The summed E-state index contributed by atoms with van der Waals surface area (Å²) in [5, 5.41) is 5.34. The van der Waals surface area contributed by atoms with Gasteiger partial charge in [-0.3, -0.25) is 9.32 Å². The molecule has 1 atom stereocenters. The van der Waals surface area contributed by atoms with Crippen LogP contribution in [0, 0.1) is 20.8 Å². The second-order valence-electron chi connectivity index (χ2n) is 6.58. The van der Waals surface area contributed by atoms with E-state index in [0.717, 1.165) is 39.8 Å². The summed E-state index contributed by atoms with van der Waals surface area (Å²) in [6.07, 6.45) is 0. The second-order valence-corrected chi connectivity index (χ2v) is 7.91. The van der Waals surface area contributed by atoms with Gasteiger partial charge in [0.15, 0.2) is 0 Å². The molecule has 140 valence electrons. The first-order chi connectivity index (χ1) is 12.8. The van der Waals surface area contributed by atoms with Crippen LogP contribution in [-0.4, -0.2) is 16.4 Å². The van der Waals surface area contributed by atoms with Gasteiger partial charge in [0.1, 0.15) is 0 Å². The molecular weight excluding hydrogens is 362 g/mol. The molecule has 0 saturated carbocycles. The highest BCUT2D eigenvalue weighted by atomic mass is 32.2. The van der Waals surface area contributed by atoms with Crippen molar-refractivity contribution < 1.29 is 14.0 Å². The van der Waals surface area contributed by atoms with E-state index >= 15 is 0 Å². The zero-order valence-corrected chi connectivity index (χ0v) is 16.5. The highest BCUT2D eigenvalue weighted by molar-refractivity contribution is 8.00. The Hall–Kier alpha value is -2.80. The normalized spacial score (nSPS) is 12.0. The average molecular weight is 384 g/mol. The molecule has 3 rings (SSSR count). The van der Waals surface area contributed by atoms with E-state index in [2.05, 4.69) is 10.6 Å². The molecule has 3 aromatic rings. The van der Waals surface area contributed by atoms with Crippen molar-refractivity contribution in [1.29, 1.82) is 0 Å². The molecule has 1 unspecified atom stereocenters. The van der Waals surface area contributed by atoms with Crippen molar-refractivity contribution in [2.24, 2.45) is 0 Å². The number of aromatic nitrogens is 2. The summed E-state index contributed by atoms with van der Waals surface area (Å²) in [5.74, 6) is -0.180. The van der Waals surface area contributed by atoms with Gasteiger partial charge in [0.2, 0.25) is 11.6 Å². The lowest BCUT2D eigenvalue weighted by atomic mass is 10.1. The number of benzene rings is 2. The summed E-state index contributed by atoms with van der Waals surface area (Å²) in [5.41, 5.74) is 4.27. The molecule has 6 nitrogen and oxygen atoms in total. The van der Waals surface area contributed by atoms with Gasteiger partial charge in [0, 0.05) is 17.8 Å². The first-order valence-electron chi connectivity index (χ1n) is 8.60. The molecule has 0 saturated heterocycles. The van der Waals surface area contributed by atoms with Gasteiger partial charge in [-0.05, 0) is 72.7 Å². The molecule has 0 aliphatic rings. The molecule has 0 fully saturated rings. The van der Waals surface area contributed by atoms with E-state index in [1.54, 1.807) is 11.6 Å². The first-order valence-corrected chi connectivity index (χ1v) is 9.48. The van der Waals surface area contributed by atoms with Crippen LogP contribution < -0.4 is 15.6 Å². The monoisotopic (exact) mass is 384 g/mol. The molecule has 1 heterocycles. The third-order valence-electron chi connectivity index (χ3n) is 4.05.